The number of aromatic nitrogens is 2. The number of anilines is 1. The van der Waals surface area contributed by atoms with Gasteiger partial charge in [-0.2, -0.15) is 0 Å². The van der Waals surface area contributed by atoms with Gasteiger partial charge in [-0.25, -0.2) is 9.78 Å². The molecule has 0 unspecified atom stereocenters. The lowest BCUT2D eigenvalue weighted by Gasteiger charge is -2.42. The molecule has 35 heavy (non-hydrogen) atoms. The molecule has 1 aromatic heterocycles. The van der Waals surface area contributed by atoms with E-state index >= 15 is 0 Å². The summed E-state index contributed by atoms with van der Waals surface area (Å²) in [5.41, 5.74) is 0.746. The van der Waals surface area contributed by atoms with Crippen LogP contribution in [0.3, 0.4) is 0 Å². The van der Waals surface area contributed by atoms with E-state index < -0.39 is 17.5 Å². The summed E-state index contributed by atoms with van der Waals surface area (Å²) in [5.74, 6) is 0.754. The van der Waals surface area contributed by atoms with Gasteiger partial charge in [0.1, 0.15) is 17.6 Å². The number of rotatable bonds is 4. The molecule has 188 valence electrons. The number of hydrogen-bond donors (Lipinski definition) is 2. The third kappa shape index (κ3) is 5.45. The zero-order chi connectivity index (χ0) is 25.3. The van der Waals surface area contributed by atoms with Crippen molar-refractivity contribution in [1.82, 2.24) is 24.7 Å². The lowest BCUT2D eigenvalue weighted by molar-refractivity contribution is -0.137. The van der Waals surface area contributed by atoms with Crippen molar-refractivity contribution in [3.63, 3.8) is 0 Å². The number of carbonyl (C=O) groups is 3. The molecule has 1 aromatic carbocycles. The Morgan fingerprint density at radius 3 is 2.37 bits per heavy atom. The van der Waals surface area contributed by atoms with E-state index in [2.05, 4.69) is 15.6 Å². The maximum atomic E-state index is 13.5. The zero-order valence-electron chi connectivity index (χ0n) is 20.7. The monoisotopic (exact) mass is 500 g/mol. The molecule has 4 amide bonds. The quantitative estimate of drug-likeness (QED) is 0.670. The first-order valence-corrected chi connectivity index (χ1v) is 12.4. The Hall–Kier alpha value is -3.07. The molecular formula is C25H33ClN6O3. The number of benzene rings is 1. The third-order valence-electron chi connectivity index (χ3n) is 6.81. The minimum Gasteiger partial charge on any atom is -0.341 e. The molecule has 2 aromatic rings. The number of piperidine rings is 1. The van der Waals surface area contributed by atoms with Crippen LogP contribution in [-0.2, 0) is 11.3 Å². The number of nitrogens with one attached hydrogen (secondary N) is 2. The Morgan fingerprint density at radius 2 is 1.74 bits per heavy atom. The second kappa shape index (κ2) is 9.89. The van der Waals surface area contributed by atoms with E-state index in [4.69, 9.17) is 11.6 Å². The van der Waals surface area contributed by atoms with Gasteiger partial charge in [0, 0.05) is 42.9 Å². The first-order chi connectivity index (χ1) is 16.5. The Balaban J connectivity index is 1.36. The lowest BCUT2D eigenvalue weighted by atomic mass is 9.85. The number of imidazole rings is 1. The fourth-order valence-electron chi connectivity index (χ4n) is 4.79. The maximum absolute atomic E-state index is 13.5. The lowest BCUT2D eigenvalue weighted by Crippen LogP contribution is -2.58. The van der Waals surface area contributed by atoms with Crippen molar-refractivity contribution in [1.29, 1.82) is 0 Å². The fraction of sp³-hybridized carbons (Fsp3) is 0.520. The molecule has 0 radical (unpaired) electrons. The number of aryl methyl sites for hydroxylation is 1. The van der Waals surface area contributed by atoms with Gasteiger partial charge in [0.15, 0.2) is 0 Å². The SMILES string of the molecule is Cc1ncc2n1CCN(C1CCN(C(=O)[C@H](NC(=O)Nc3ccc(Cl)cc3)C(C)(C)C)CC1)C2=O. The van der Waals surface area contributed by atoms with E-state index in [0.717, 1.165) is 12.4 Å². The summed E-state index contributed by atoms with van der Waals surface area (Å²) < 4.78 is 1.96. The second-order valence-corrected chi connectivity index (χ2v) is 10.7. The zero-order valence-corrected chi connectivity index (χ0v) is 21.4. The highest BCUT2D eigenvalue weighted by Gasteiger charge is 2.39. The normalized spacial score (nSPS) is 17.7. The Kier molecular flexibility index (Phi) is 7.07. The number of carbonyl (C=O) groups excluding carboxylic acids is 3. The summed E-state index contributed by atoms with van der Waals surface area (Å²) in [7, 11) is 0. The summed E-state index contributed by atoms with van der Waals surface area (Å²) in [6.07, 6.45) is 3.06. The van der Waals surface area contributed by atoms with E-state index in [0.29, 0.717) is 48.9 Å². The van der Waals surface area contributed by atoms with Gasteiger partial charge in [0.2, 0.25) is 5.91 Å². The van der Waals surface area contributed by atoms with Crippen LogP contribution in [-0.4, -0.2) is 68.9 Å². The molecule has 1 saturated heterocycles. The van der Waals surface area contributed by atoms with E-state index in [1.165, 1.54) is 0 Å². The van der Waals surface area contributed by atoms with Crippen LogP contribution < -0.4 is 10.6 Å². The Morgan fingerprint density at radius 1 is 1.09 bits per heavy atom. The van der Waals surface area contributed by atoms with Crippen molar-refractivity contribution in [3.05, 3.63) is 47.0 Å². The van der Waals surface area contributed by atoms with Crippen molar-refractivity contribution < 1.29 is 14.4 Å². The third-order valence-corrected chi connectivity index (χ3v) is 7.06. The van der Waals surface area contributed by atoms with Gasteiger partial charge in [-0.1, -0.05) is 32.4 Å². The molecule has 0 aliphatic carbocycles. The highest BCUT2D eigenvalue weighted by molar-refractivity contribution is 6.30. The minimum atomic E-state index is -0.694. The van der Waals surface area contributed by atoms with Crippen LogP contribution in [0.15, 0.2) is 30.5 Å². The molecule has 0 bridgehead atoms. The van der Waals surface area contributed by atoms with Crippen LogP contribution in [0, 0.1) is 12.3 Å². The fourth-order valence-corrected chi connectivity index (χ4v) is 4.91. The van der Waals surface area contributed by atoms with Crippen molar-refractivity contribution in [2.75, 3.05) is 25.0 Å². The van der Waals surface area contributed by atoms with Crippen LogP contribution in [0.2, 0.25) is 5.02 Å². The van der Waals surface area contributed by atoms with Crippen LogP contribution in [0.1, 0.15) is 49.9 Å². The standard InChI is InChI=1S/C25H33ClN6O3/c1-16-27-15-20-22(33)32(14-13-31(16)20)19-9-11-30(12-10-19)23(34)21(25(2,3)4)29-24(35)28-18-7-5-17(26)6-8-18/h5-8,15,19,21H,9-14H2,1-4H3,(H2,28,29,35)/t21-/m0/s1. The van der Waals surface area contributed by atoms with Crippen molar-refractivity contribution >= 4 is 35.1 Å². The Labute approximate surface area is 210 Å². The largest absolute Gasteiger partial charge is 0.341 e. The maximum Gasteiger partial charge on any atom is 0.319 e. The molecule has 2 aliphatic heterocycles. The van der Waals surface area contributed by atoms with Crippen LogP contribution in [0.5, 0.6) is 0 Å². The molecule has 1 atom stereocenters. The van der Waals surface area contributed by atoms with Gasteiger partial charge in [0.25, 0.3) is 5.91 Å². The predicted octanol–water partition coefficient (Wildman–Crippen LogP) is 3.53. The highest BCUT2D eigenvalue weighted by atomic mass is 35.5. The number of likely N-dealkylation sites (tertiary alicyclic amines) is 1. The smallest absolute Gasteiger partial charge is 0.319 e. The molecule has 4 rings (SSSR count). The van der Waals surface area contributed by atoms with Crippen LogP contribution in [0.25, 0.3) is 0 Å². The molecule has 10 heteroatoms. The topological polar surface area (TPSA) is 99.6 Å². The molecule has 0 saturated carbocycles. The first kappa shape index (κ1) is 25.0. The molecule has 2 N–H and O–H groups in total. The molecule has 1 fully saturated rings. The summed E-state index contributed by atoms with van der Waals surface area (Å²) in [5, 5.41) is 6.21. The van der Waals surface area contributed by atoms with Crippen molar-refractivity contribution in [3.8, 4) is 0 Å². The summed E-state index contributed by atoms with van der Waals surface area (Å²) in [6.45, 7) is 10.2. The predicted molar refractivity (Wildman–Crippen MR) is 134 cm³/mol. The average Bonchev–Trinajstić information content (AvgIpc) is 3.20. The van der Waals surface area contributed by atoms with Crippen molar-refractivity contribution in [2.45, 2.75) is 59.2 Å². The second-order valence-electron chi connectivity index (χ2n) is 10.3. The van der Waals surface area contributed by atoms with E-state index in [1.54, 1.807) is 35.4 Å². The average molecular weight is 501 g/mol. The highest BCUT2D eigenvalue weighted by Crippen LogP contribution is 2.26. The van der Waals surface area contributed by atoms with Gasteiger partial charge in [0.05, 0.1) is 6.20 Å². The van der Waals surface area contributed by atoms with E-state index in [1.807, 2.05) is 37.2 Å². The van der Waals surface area contributed by atoms with E-state index in [9.17, 15) is 14.4 Å². The Bertz CT molecular complexity index is 1100. The number of halogens is 1. The van der Waals surface area contributed by atoms with Gasteiger partial charge >= 0.3 is 6.03 Å². The first-order valence-electron chi connectivity index (χ1n) is 12.0. The number of nitrogens with zero attached hydrogens (tertiary/aromatic N) is 4. The number of amides is 4. The van der Waals surface area contributed by atoms with Gasteiger partial charge in [-0.05, 0) is 49.4 Å². The number of urea groups is 1. The van der Waals surface area contributed by atoms with Gasteiger partial charge < -0.3 is 25.0 Å². The summed E-state index contributed by atoms with van der Waals surface area (Å²) in [6, 6.07) is 5.74. The van der Waals surface area contributed by atoms with Gasteiger partial charge in [-0.3, -0.25) is 9.59 Å². The number of fused-ring (bicyclic) bond motifs is 1. The molecular weight excluding hydrogens is 468 g/mol. The molecule has 9 nitrogen and oxygen atoms in total. The van der Waals surface area contributed by atoms with Gasteiger partial charge in [-0.15, -0.1) is 0 Å². The molecule has 0 spiro atoms. The molecule has 2 aliphatic rings. The van der Waals surface area contributed by atoms with Crippen molar-refractivity contribution in [2.24, 2.45) is 5.41 Å². The van der Waals surface area contributed by atoms with E-state index in [-0.39, 0.29) is 17.9 Å². The summed E-state index contributed by atoms with van der Waals surface area (Å²) >= 11 is 5.91. The molecule has 3 heterocycles. The summed E-state index contributed by atoms with van der Waals surface area (Å²) in [4.78, 5) is 47.1. The number of hydrogen-bond acceptors (Lipinski definition) is 4. The van der Waals surface area contributed by atoms with Crippen LogP contribution >= 0.6 is 11.6 Å². The minimum absolute atomic E-state index is 0.00901. The van der Waals surface area contributed by atoms with Crippen LogP contribution in [0.4, 0.5) is 10.5 Å².